The lowest BCUT2D eigenvalue weighted by molar-refractivity contribution is -0.143. The van der Waals surface area contributed by atoms with E-state index in [1.807, 2.05) is 0 Å². The Morgan fingerprint density at radius 2 is 1.83 bits per heavy atom. The molecule has 0 aromatic heterocycles. The number of Topliss-reactive ketones (excluding diaryl/α,β-unsaturated/α-hetero) is 1. The van der Waals surface area contributed by atoms with E-state index < -0.39 is 23.5 Å². The van der Waals surface area contributed by atoms with E-state index in [4.69, 9.17) is 39.5 Å². The quantitative estimate of drug-likeness (QED) is 0.725. The summed E-state index contributed by atoms with van der Waals surface area (Å²) in [5, 5.41) is 0.369. The molecule has 2 rings (SSSR count). The molecular weight excluding hydrogens is 403 g/mol. The first-order valence-electron chi connectivity index (χ1n) is 6.79. The fourth-order valence-electron chi connectivity index (χ4n) is 2.19. The summed E-state index contributed by atoms with van der Waals surface area (Å²) in [6.07, 6.45) is 0. The molecule has 0 bridgehead atoms. The average molecular weight is 418 g/mol. The van der Waals surface area contributed by atoms with Crippen molar-refractivity contribution in [2.75, 3.05) is 30.5 Å². The lowest BCUT2D eigenvalue weighted by Gasteiger charge is -2.52. The molecule has 0 spiro atoms. The Bertz CT molecular complexity index is 650. The van der Waals surface area contributed by atoms with Crippen LogP contribution in [0.15, 0.2) is 12.1 Å². The van der Waals surface area contributed by atoms with Crippen LogP contribution in [0.25, 0.3) is 0 Å². The molecule has 0 amide bonds. The second-order valence-electron chi connectivity index (χ2n) is 4.89. The fraction of sp³-hybridized carbons (Fsp3) is 0.385. The van der Waals surface area contributed by atoms with Gasteiger partial charge in [-0.05, 0) is 30.0 Å². The van der Waals surface area contributed by atoms with Crippen LogP contribution in [-0.2, 0) is 14.3 Å². The first-order valence-corrected chi connectivity index (χ1v) is 9.39. The minimum Gasteiger partial charge on any atom is -0.465 e. The van der Waals surface area contributed by atoms with Gasteiger partial charge in [0.15, 0.2) is 5.78 Å². The minimum absolute atomic E-state index is 0.0539. The van der Waals surface area contributed by atoms with Gasteiger partial charge in [-0.2, -0.15) is 4.31 Å². The molecule has 0 unspecified atom stereocenters. The predicted octanol–water partition coefficient (Wildman–Crippen LogP) is 3.48. The second kappa shape index (κ2) is 7.65. The van der Waals surface area contributed by atoms with Gasteiger partial charge in [-0.3, -0.25) is 18.7 Å². The van der Waals surface area contributed by atoms with Crippen LogP contribution in [-0.4, -0.2) is 51.4 Å². The van der Waals surface area contributed by atoms with Crippen molar-refractivity contribution in [1.29, 1.82) is 0 Å². The molecule has 1 saturated heterocycles. The number of ketones is 1. The first-order chi connectivity index (χ1) is 11.2. The van der Waals surface area contributed by atoms with Gasteiger partial charge in [0.25, 0.3) is 0 Å². The number of carbonyl (C=O) groups excluding carboxylic acids is 2. The number of carbonyl (C=O) groups is 2. The van der Waals surface area contributed by atoms with Crippen molar-refractivity contribution in [3.8, 4) is 0 Å². The molecular formula is C13H15Cl3N2O5S. The SMILES string of the molecule is CCOC(=O)CN1CC(=O)CN(c2c(Cl)cc(Cl)cc2Cl)S1(O)O. The lowest BCUT2D eigenvalue weighted by atomic mass is 10.3. The van der Waals surface area contributed by atoms with Gasteiger partial charge in [-0.25, -0.2) is 4.31 Å². The van der Waals surface area contributed by atoms with Crippen LogP contribution in [0, 0.1) is 0 Å². The van der Waals surface area contributed by atoms with Gasteiger partial charge >= 0.3 is 5.97 Å². The van der Waals surface area contributed by atoms with Gasteiger partial charge in [0.1, 0.15) is 13.1 Å². The van der Waals surface area contributed by atoms with Gasteiger partial charge in [-0.1, -0.05) is 34.8 Å². The molecule has 1 aliphatic rings. The van der Waals surface area contributed by atoms with Crippen LogP contribution in [0.3, 0.4) is 0 Å². The van der Waals surface area contributed by atoms with E-state index in [0.29, 0.717) is 0 Å². The van der Waals surface area contributed by atoms with Gasteiger partial charge in [-0.15, -0.1) is 0 Å². The Kier molecular flexibility index (Phi) is 6.24. The Morgan fingerprint density at radius 3 is 2.38 bits per heavy atom. The number of hydrogen-bond acceptors (Lipinski definition) is 7. The Balaban J connectivity index is 2.39. The number of halogens is 3. The summed E-state index contributed by atoms with van der Waals surface area (Å²) in [5.41, 5.74) is 0.0599. The number of benzene rings is 1. The molecule has 0 atom stereocenters. The van der Waals surface area contributed by atoms with Gasteiger partial charge in [0, 0.05) is 5.02 Å². The van der Waals surface area contributed by atoms with Crippen LogP contribution in [0.5, 0.6) is 0 Å². The van der Waals surface area contributed by atoms with Gasteiger partial charge in [0.2, 0.25) is 0 Å². The molecule has 24 heavy (non-hydrogen) atoms. The summed E-state index contributed by atoms with van der Waals surface area (Å²) in [6.45, 7) is 0.680. The Hall–Kier alpha value is -0.740. The summed E-state index contributed by atoms with van der Waals surface area (Å²) in [4.78, 5) is 23.7. The van der Waals surface area contributed by atoms with E-state index >= 15 is 0 Å². The predicted molar refractivity (Wildman–Crippen MR) is 94.9 cm³/mol. The Morgan fingerprint density at radius 1 is 1.25 bits per heavy atom. The third kappa shape index (κ3) is 4.08. The Labute approximate surface area is 155 Å². The van der Waals surface area contributed by atoms with Crippen LogP contribution < -0.4 is 4.31 Å². The van der Waals surface area contributed by atoms with Crippen molar-refractivity contribution in [3.63, 3.8) is 0 Å². The van der Waals surface area contributed by atoms with Crippen LogP contribution in [0.2, 0.25) is 15.1 Å². The maximum absolute atomic E-state index is 12.0. The molecule has 1 heterocycles. The first kappa shape index (κ1) is 19.6. The van der Waals surface area contributed by atoms with Crippen molar-refractivity contribution in [1.82, 2.24) is 4.31 Å². The topological polar surface area (TPSA) is 90.3 Å². The summed E-state index contributed by atoms with van der Waals surface area (Å²) >= 11 is 18.1. The number of esters is 1. The maximum atomic E-state index is 12.0. The zero-order chi connectivity index (χ0) is 18.1. The molecule has 2 N–H and O–H groups in total. The van der Waals surface area contributed by atoms with Crippen molar-refractivity contribution in [2.45, 2.75) is 6.92 Å². The molecule has 1 aromatic carbocycles. The van der Waals surface area contributed by atoms with Crippen molar-refractivity contribution < 1.29 is 23.4 Å². The monoisotopic (exact) mass is 416 g/mol. The third-order valence-electron chi connectivity index (χ3n) is 3.16. The molecule has 134 valence electrons. The van der Waals surface area contributed by atoms with E-state index in [1.165, 1.54) is 12.1 Å². The number of rotatable bonds is 4. The number of ether oxygens (including phenoxy) is 1. The van der Waals surface area contributed by atoms with E-state index in [-0.39, 0.29) is 46.2 Å². The molecule has 1 aliphatic heterocycles. The molecule has 11 heteroatoms. The summed E-state index contributed by atoms with van der Waals surface area (Å²) < 4.78 is 27.9. The largest absolute Gasteiger partial charge is 0.465 e. The highest BCUT2D eigenvalue weighted by molar-refractivity contribution is 8.23. The molecule has 0 saturated carbocycles. The fourth-order valence-corrected chi connectivity index (χ4v) is 4.94. The molecule has 0 radical (unpaired) electrons. The van der Waals surface area contributed by atoms with Gasteiger partial charge < -0.3 is 4.74 Å². The van der Waals surface area contributed by atoms with Crippen molar-refractivity contribution in [2.24, 2.45) is 0 Å². The standard InChI is InChI=1S/C13H15Cl3N2O5S/c1-2-23-12(20)7-17-5-9(19)6-18(24(17,21)22)13-10(15)3-8(14)4-11(13)16/h3-4,21-22H,2,5-7H2,1H3. The highest BCUT2D eigenvalue weighted by Crippen LogP contribution is 2.54. The van der Waals surface area contributed by atoms with Crippen molar-refractivity contribution in [3.05, 3.63) is 27.2 Å². The average Bonchev–Trinajstić information content (AvgIpc) is 2.43. The van der Waals surface area contributed by atoms with E-state index in [1.54, 1.807) is 6.92 Å². The lowest BCUT2D eigenvalue weighted by Crippen LogP contribution is -2.52. The van der Waals surface area contributed by atoms with E-state index in [2.05, 4.69) is 0 Å². The van der Waals surface area contributed by atoms with E-state index in [9.17, 15) is 18.7 Å². The molecule has 1 aromatic rings. The zero-order valence-corrected chi connectivity index (χ0v) is 15.6. The maximum Gasteiger partial charge on any atom is 0.321 e. The summed E-state index contributed by atoms with van der Waals surface area (Å²) in [7, 11) is -3.69. The highest BCUT2D eigenvalue weighted by Gasteiger charge is 2.41. The molecule has 7 nitrogen and oxygen atoms in total. The van der Waals surface area contributed by atoms with Crippen LogP contribution >= 0.6 is 45.8 Å². The number of anilines is 1. The second-order valence-corrected chi connectivity index (χ2v) is 8.07. The number of hydrogen-bond donors (Lipinski definition) is 2. The van der Waals surface area contributed by atoms with Crippen molar-refractivity contribution >= 4 is 63.2 Å². The van der Waals surface area contributed by atoms with Crippen LogP contribution in [0.4, 0.5) is 5.69 Å². The summed E-state index contributed by atoms with van der Waals surface area (Å²) in [6, 6.07) is 2.74. The minimum atomic E-state index is -3.69. The third-order valence-corrected chi connectivity index (χ3v) is 5.81. The van der Waals surface area contributed by atoms with Crippen LogP contribution in [0.1, 0.15) is 6.92 Å². The number of nitrogens with zero attached hydrogens (tertiary/aromatic N) is 2. The van der Waals surface area contributed by atoms with E-state index in [0.717, 1.165) is 8.61 Å². The van der Waals surface area contributed by atoms with Gasteiger partial charge in [0.05, 0.1) is 28.9 Å². The normalized spacial score (nSPS) is 19.2. The summed E-state index contributed by atoms with van der Waals surface area (Å²) in [5.74, 6) is -1.02. The molecule has 0 aliphatic carbocycles. The smallest absolute Gasteiger partial charge is 0.321 e. The zero-order valence-electron chi connectivity index (χ0n) is 12.5. The molecule has 1 fully saturated rings. The highest BCUT2D eigenvalue weighted by atomic mass is 35.5.